The molecule has 4 rings (SSSR count). The van der Waals surface area contributed by atoms with E-state index in [1.165, 1.54) is 12.3 Å². The molecular formula is C25H30F3N5O2. The summed E-state index contributed by atoms with van der Waals surface area (Å²) in [6.07, 6.45) is -1.46. The molecule has 1 aromatic heterocycles. The van der Waals surface area contributed by atoms with E-state index in [0.717, 1.165) is 24.0 Å². The van der Waals surface area contributed by atoms with E-state index in [0.29, 0.717) is 32.0 Å². The van der Waals surface area contributed by atoms with Crippen LogP contribution < -0.4 is 10.6 Å². The van der Waals surface area contributed by atoms with Crippen LogP contribution in [0.1, 0.15) is 41.3 Å². The van der Waals surface area contributed by atoms with Gasteiger partial charge in [0.05, 0.1) is 5.92 Å². The fourth-order valence-corrected chi connectivity index (χ4v) is 4.64. The molecule has 0 spiro atoms. The van der Waals surface area contributed by atoms with Crippen molar-refractivity contribution in [3.05, 3.63) is 59.3 Å². The maximum absolute atomic E-state index is 13.7. The Morgan fingerprint density at radius 1 is 1.11 bits per heavy atom. The maximum atomic E-state index is 13.7. The largest absolute Gasteiger partial charge is 0.394 e. The van der Waals surface area contributed by atoms with Crippen molar-refractivity contribution in [2.45, 2.75) is 45.1 Å². The van der Waals surface area contributed by atoms with Gasteiger partial charge in [0.15, 0.2) is 0 Å². The summed E-state index contributed by atoms with van der Waals surface area (Å²) in [5.41, 5.74) is 2.33. The van der Waals surface area contributed by atoms with E-state index >= 15 is 0 Å². The van der Waals surface area contributed by atoms with E-state index in [2.05, 4.69) is 15.6 Å². The first-order valence-corrected chi connectivity index (χ1v) is 11.8. The number of likely N-dealkylation sites (tertiary alicyclic amines) is 1. The molecule has 35 heavy (non-hydrogen) atoms. The van der Waals surface area contributed by atoms with Crippen LogP contribution in [0.25, 0.3) is 0 Å². The van der Waals surface area contributed by atoms with E-state index in [-0.39, 0.29) is 24.1 Å². The molecule has 7 nitrogen and oxygen atoms in total. The van der Waals surface area contributed by atoms with Gasteiger partial charge in [-0.25, -0.2) is 4.98 Å². The summed E-state index contributed by atoms with van der Waals surface area (Å²) in [6.45, 7) is 3.11. The summed E-state index contributed by atoms with van der Waals surface area (Å²) in [5, 5.41) is 5.73. The lowest BCUT2D eigenvalue weighted by Gasteiger charge is -2.32. The van der Waals surface area contributed by atoms with Crippen LogP contribution in [-0.4, -0.2) is 65.0 Å². The van der Waals surface area contributed by atoms with Crippen LogP contribution in [0.3, 0.4) is 0 Å². The number of nitrogens with one attached hydrogen (secondary N) is 2. The first-order chi connectivity index (χ1) is 16.7. The highest BCUT2D eigenvalue weighted by atomic mass is 19.4. The standard InChI is InChI=1S/C25H30F3N5O2/c1-17(34)33-10-7-22(8-11-33)31-23-12-18(6-9-29-23)24(35)30-13-21(25(26,27)28)16-32-14-19-4-2-3-5-20(19)15-32/h2-6,9,12,21-22H,7-8,10-11,13-16H2,1H3,(H,29,31)(H,30,35)/t21-/m0/s1. The predicted octanol–water partition coefficient (Wildman–Crippen LogP) is 3.43. The average Bonchev–Trinajstić information content (AvgIpc) is 3.24. The third kappa shape index (κ3) is 6.50. The molecule has 3 heterocycles. The third-order valence-corrected chi connectivity index (χ3v) is 6.67. The number of anilines is 1. The molecule has 10 heteroatoms. The SMILES string of the molecule is CC(=O)N1CCC(Nc2cc(C(=O)NC[C@@H](CN3Cc4ccccc4C3)C(F)(F)F)ccn2)CC1. The fraction of sp³-hybridized carbons (Fsp3) is 0.480. The van der Waals surface area contributed by atoms with Crippen molar-refractivity contribution in [1.82, 2.24) is 20.1 Å². The summed E-state index contributed by atoms with van der Waals surface area (Å²) in [4.78, 5) is 31.9. The van der Waals surface area contributed by atoms with Gasteiger partial charge in [0.2, 0.25) is 5.91 Å². The molecule has 0 bridgehead atoms. The number of pyridine rings is 1. The molecule has 0 radical (unpaired) electrons. The molecule has 0 aliphatic carbocycles. The number of alkyl halides is 3. The highest BCUT2D eigenvalue weighted by molar-refractivity contribution is 5.94. The van der Waals surface area contributed by atoms with Crippen LogP contribution in [-0.2, 0) is 17.9 Å². The summed E-state index contributed by atoms with van der Waals surface area (Å²) in [5.74, 6) is -1.71. The van der Waals surface area contributed by atoms with E-state index in [1.807, 2.05) is 24.3 Å². The quantitative estimate of drug-likeness (QED) is 0.623. The number of fused-ring (bicyclic) bond motifs is 1. The molecule has 0 saturated carbocycles. The van der Waals surface area contributed by atoms with Crippen LogP contribution in [0.4, 0.5) is 19.0 Å². The normalized spacial score (nSPS) is 17.7. The van der Waals surface area contributed by atoms with Crippen LogP contribution >= 0.6 is 0 Å². The zero-order valence-electron chi connectivity index (χ0n) is 19.6. The number of piperidine rings is 1. The highest BCUT2D eigenvalue weighted by Crippen LogP contribution is 2.30. The topological polar surface area (TPSA) is 77.6 Å². The molecule has 188 valence electrons. The summed E-state index contributed by atoms with van der Waals surface area (Å²) < 4.78 is 41.2. The predicted molar refractivity (Wildman–Crippen MR) is 126 cm³/mol. The number of rotatable bonds is 7. The lowest BCUT2D eigenvalue weighted by molar-refractivity contribution is -0.177. The third-order valence-electron chi connectivity index (χ3n) is 6.67. The van der Waals surface area contributed by atoms with Gasteiger partial charge >= 0.3 is 6.18 Å². The number of hydrogen-bond donors (Lipinski definition) is 2. The first kappa shape index (κ1) is 25.0. The molecule has 1 aromatic carbocycles. The first-order valence-electron chi connectivity index (χ1n) is 11.8. The van der Waals surface area contributed by atoms with Gasteiger partial charge in [-0.2, -0.15) is 13.2 Å². The zero-order valence-corrected chi connectivity index (χ0v) is 19.6. The summed E-state index contributed by atoms with van der Waals surface area (Å²) in [6, 6.07) is 10.8. The molecule has 2 aliphatic heterocycles. The Hall–Kier alpha value is -3.14. The Morgan fingerprint density at radius 2 is 1.77 bits per heavy atom. The van der Waals surface area contributed by atoms with Crippen molar-refractivity contribution < 1.29 is 22.8 Å². The van der Waals surface area contributed by atoms with Crippen molar-refractivity contribution in [3.63, 3.8) is 0 Å². The number of nitrogens with zero attached hydrogens (tertiary/aromatic N) is 3. The van der Waals surface area contributed by atoms with E-state index in [1.54, 1.807) is 22.8 Å². The van der Waals surface area contributed by atoms with E-state index in [9.17, 15) is 22.8 Å². The lowest BCUT2D eigenvalue weighted by Crippen LogP contribution is -2.42. The molecular weight excluding hydrogens is 459 g/mol. The second-order valence-corrected chi connectivity index (χ2v) is 9.24. The average molecular weight is 490 g/mol. The van der Waals surface area contributed by atoms with E-state index in [4.69, 9.17) is 0 Å². The molecule has 0 unspecified atom stereocenters. The van der Waals surface area contributed by atoms with Gasteiger partial charge in [-0.1, -0.05) is 24.3 Å². The molecule has 1 saturated heterocycles. The van der Waals surface area contributed by atoms with Crippen molar-refractivity contribution in [3.8, 4) is 0 Å². The lowest BCUT2D eigenvalue weighted by atomic mass is 10.0. The second-order valence-electron chi connectivity index (χ2n) is 9.24. The molecule has 2 N–H and O–H groups in total. The molecule has 2 aromatic rings. The summed E-state index contributed by atoms with van der Waals surface area (Å²) in [7, 11) is 0. The minimum atomic E-state index is -4.43. The number of carbonyl (C=O) groups excluding carboxylic acids is 2. The van der Waals surface area contributed by atoms with Crippen LogP contribution in [0.2, 0.25) is 0 Å². The number of halogens is 3. The van der Waals surface area contributed by atoms with Crippen molar-refractivity contribution in [2.75, 3.05) is 31.5 Å². The number of hydrogen-bond acceptors (Lipinski definition) is 5. The second kappa shape index (κ2) is 10.6. The van der Waals surface area contributed by atoms with E-state index < -0.39 is 24.5 Å². The van der Waals surface area contributed by atoms with Gasteiger partial charge < -0.3 is 15.5 Å². The summed E-state index contributed by atoms with van der Waals surface area (Å²) >= 11 is 0. The van der Waals surface area contributed by atoms with Crippen LogP contribution in [0.5, 0.6) is 0 Å². The molecule has 1 fully saturated rings. The number of carbonyl (C=O) groups is 2. The molecule has 2 amide bonds. The Balaban J connectivity index is 1.31. The molecule has 1 atom stereocenters. The van der Waals surface area contributed by atoms with Gasteiger partial charge in [-0.05, 0) is 36.1 Å². The van der Waals surface area contributed by atoms with Gasteiger partial charge in [-0.3, -0.25) is 14.5 Å². The number of aromatic nitrogens is 1. The van der Waals surface area contributed by atoms with Gasteiger partial charge in [-0.15, -0.1) is 0 Å². The smallest absolute Gasteiger partial charge is 0.367 e. The Morgan fingerprint density at radius 3 is 2.37 bits per heavy atom. The number of amides is 2. The zero-order chi connectivity index (χ0) is 25.0. The van der Waals surface area contributed by atoms with Crippen molar-refractivity contribution in [2.24, 2.45) is 5.92 Å². The van der Waals surface area contributed by atoms with Gasteiger partial charge in [0.1, 0.15) is 5.82 Å². The maximum Gasteiger partial charge on any atom is 0.394 e. The van der Waals surface area contributed by atoms with Gasteiger partial charge in [0, 0.05) is 64.0 Å². The van der Waals surface area contributed by atoms with Gasteiger partial charge in [0.25, 0.3) is 5.91 Å². The Labute approximate surface area is 202 Å². The fourth-order valence-electron chi connectivity index (χ4n) is 4.64. The Kier molecular flexibility index (Phi) is 7.59. The molecule has 2 aliphatic rings. The van der Waals surface area contributed by atoms with Crippen molar-refractivity contribution in [1.29, 1.82) is 0 Å². The minimum absolute atomic E-state index is 0.0478. The minimum Gasteiger partial charge on any atom is -0.367 e. The Bertz CT molecular complexity index is 1030. The number of benzene rings is 1. The highest BCUT2D eigenvalue weighted by Gasteiger charge is 2.41. The monoisotopic (exact) mass is 489 g/mol. The van der Waals surface area contributed by atoms with Crippen LogP contribution in [0.15, 0.2) is 42.6 Å². The van der Waals surface area contributed by atoms with Crippen LogP contribution in [0, 0.1) is 5.92 Å². The van der Waals surface area contributed by atoms with Crippen molar-refractivity contribution >= 4 is 17.6 Å².